The van der Waals surface area contributed by atoms with Crippen LogP contribution < -0.4 is 9.47 Å². The summed E-state index contributed by atoms with van der Waals surface area (Å²) in [5, 5.41) is 0. The first-order valence-corrected chi connectivity index (χ1v) is 5.11. The fraction of sp³-hybridized carbons (Fsp3) is 0.500. The van der Waals surface area contributed by atoms with Crippen LogP contribution in [-0.2, 0) is 4.74 Å². The molecule has 0 saturated carbocycles. The van der Waals surface area contributed by atoms with E-state index in [1.807, 2.05) is 38.1 Å². The zero-order chi connectivity index (χ0) is 11.1. The van der Waals surface area contributed by atoms with E-state index in [2.05, 4.69) is 0 Å². The summed E-state index contributed by atoms with van der Waals surface area (Å²) < 4.78 is 16.1. The second kappa shape index (κ2) is 6.30. The molecule has 0 N–H and O–H groups in total. The molecule has 0 aliphatic carbocycles. The highest BCUT2D eigenvalue weighted by atomic mass is 16.5. The number of benzene rings is 1. The fourth-order valence-electron chi connectivity index (χ4n) is 1.16. The van der Waals surface area contributed by atoms with Crippen LogP contribution in [-0.4, -0.2) is 26.4 Å². The van der Waals surface area contributed by atoms with E-state index in [-0.39, 0.29) is 6.10 Å². The van der Waals surface area contributed by atoms with E-state index in [9.17, 15) is 0 Å². The lowest BCUT2D eigenvalue weighted by atomic mass is 10.3. The molecule has 0 radical (unpaired) electrons. The molecule has 0 heterocycles. The molecule has 3 nitrogen and oxygen atoms in total. The molecule has 0 aromatic heterocycles. The van der Waals surface area contributed by atoms with Gasteiger partial charge in [-0.15, -0.1) is 0 Å². The smallest absolute Gasteiger partial charge is 0.161 e. The predicted octanol–water partition coefficient (Wildman–Crippen LogP) is 2.50. The third-order valence-electron chi connectivity index (χ3n) is 1.76. The first-order chi connectivity index (χ1) is 7.24. The monoisotopic (exact) mass is 210 g/mol. The van der Waals surface area contributed by atoms with E-state index >= 15 is 0 Å². The van der Waals surface area contributed by atoms with Crippen molar-refractivity contribution in [1.82, 2.24) is 0 Å². The highest BCUT2D eigenvalue weighted by Crippen LogP contribution is 2.27. The zero-order valence-electron chi connectivity index (χ0n) is 9.53. The van der Waals surface area contributed by atoms with Gasteiger partial charge in [-0.25, -0.2) is 0 Å². The molecule has 0 atom stereocenters. The maximum Gasteiger partial charge on any atom is 0.161 e. The molecule has 3 heteroatoms. The average Bonchev–Trinajstić information content (AvgIpc) is 2.20. The van der Waals surface area contributed by atoms with Crippen molar-refractivity contribution in [3.8, 4) is 11.5 Å². The van der Waals surface area contributed by atoms with Crippen LogP contribution in [0.25, 0.3) is 0 Å². The van der Waals surface area contributed by atoms with Crippen LogP contribution >= 0.6 is 0 Å². The van der Waals surface area contributed by atoms with Gasteiger partial charge in [-0.1, -0.05) is 12.1 Å². The number of methoxy groups -OCH3 is 1. The molecular formula is C12H18O3. The van der Waals surface area contributed by atoms with Gasteiger partial charge in [-0.3, -0.25) is 0 Å². The number of para-hydroxylation sites is 2. The van der Waals surface area contributed by atoms with Crippen molar-refractivity contribution in [3.05, 3.63) is 24.3 Å². The van der Waals surface area contributed by atoms with Gasteiger partial charge in [0.2, 0.25) is 0 Å². The Kier molecular flexibility index (Phi) is 4.98. The largest absolute Gasteiger partial charge is 0.487 e. The summed E-state index contributed by atoms with van der Waals surface area (Å²) in [7, 11) is 1.65. The lowest BCUT2D eigenvalue weighted by molar-refractivity contribution is 0.141. The van der Waals surface area contributed by atoms with Crippen LogP contribution in [0.3, 0.4) is 0 Å². The van der Waals surface area contributed by atoms with Crippen molar-refractivity contribution < 1.29 is 14.2 Å². The van der Waals surface area contributed by atoms with Crippen molar-refractivity contribution >= 4 is 0 Å². The minimum absolute atomic E-state index is 0.150. The molecule has 0 bridgehead atoms. The number of hydrogen-bond donors (Lipinski definition) is 0. The Hall–Kier alpha value is -1.22. The summed E-state index contributed by atoms with van der Waals surface area (Å²) in [6.45, 7) is 5.10. The van der Waals surface area contributed by atoms with Gasteiger partial charge in [0.25, 0.3) is 0 Å². The molecule has 1 aromatic rings. The molecule has 0 saturated heterocycles. The summed E-state index contributed by atoms with van der Waals surface area (Å²) >= 11 is 0. The molecule has 1 rings (SSSR count). The summed E-state index contributed by atoms with van der Waals surface area (Å²) in [5.74, 6) is 1.55. The van der Waals surface area contributed by atoms with Gasteiger partial charge in [0.05, 0.1) is 12.7 Å². The standard InChI is InChI=1S/C12H18O3/c1-10(2)15-12-7-5-4-6-11(12)14-9-8-13-3/h4-7,10H,8-9H2,1-3H3. The highest BCUT2D eigenvalue weighted by Gasteiger charge is 2.05. The van der Waals surface area contributed by atoms with Crippen molar-refractivity contribution in [2.24, 2.45) is 0 Å². The number of rotatable bonds is 6. The molecule has 0 amide bonds. The lowest BCUT2D eigenvalue weighted by Crippen LogP contribution is -2.09. The topological polar surface area (TPSA) is 27.7 Å². The predicted molar refractivity (Wildman–Crippen MR) is 59.6 cm³/mol. The molecule has 0 unspecified atom stereocenters. The molecule has 0 aliphatic heterocycles. The Balaban J connectivity index is 2.60. The zero-order valence-corrected chi connectivity index (χ0v) is 9.53. The summed E-state index contributed by atoms with van der Waals surface area (Å²) in [6.07, 6.45) is 0.150. The second-order valence-electron chi connectivity index (χ2n) is 3.45. The Morgan fingerprint density at radius 1 is 1.07 bits per heavy atom. The van der Waals surface area contributed by atoms with Gasteiger partial charge in [0.15, 0.2) is 11.5 Å². The van der Waals surface area contributed by atoms with Gasteiger partial charge in [-0.05, 0) is 26.0 Å². The molecule has 1 aromatic carbocycles. The minimum Gasteiger partial charge on any atom is -0.487 e. The van der Waals surface area contributed by atoms with Crippen molar-refractivity contribution in [1.29, 1.82) is 0 Å². The van der Waals surface area contributed by atoms with Crippen LogP contribution in [0, 0.1) is 0 Å². The van der Waals surface area contributed by atoms with Crippen molar-refractivity contribution in [2.45, 2.75) is 20.0 Å². The third kappa shape index (κ3) is 4.21. The van der Waals surface area contributed by atoms with Crippen LogP contribution in [0.2, 0.25) is 0 Å². The molecule has 84 valence electrons. The number of hydrogen-bond acceptors (Lipinski definition) is 3. The van der Waals surface area contributed by atoms with Gasteiger partial charge >= 0.3 is 0 Å². The van der Waals surface area contributed by atoms with Crippen molar-refractivity contribution in [2.75, 3.05) is 20.3 Å². The average molecular weight is 210 g/mol. The molecule has 0 fully saturated rings. The van der Waals surface area contributed by atoms with Crippen molar-refractivity contribution in [3.63, 3.8) is 0 Å². The lowest BCUT2D eigenvalue weighted by Gasteiger charge is -2.14. The van der Waals surface area contributed by atoms with E-state index in [4.69, 9.17) is 14.2 Å². The van der Waals surface area contributed by atoms with Crippen LogP contribution in [0.1, 0.15) is 13.8 Å². The van der Waals surface area contributed by atoms with E-state index in [0.717, 1.165) is 11.5 Å². The highest BCUT2D eigenvalue weighted by molar-refractivity contribution is 5.39. The molecule has 0 aliphatic rings. The summed E-state index contributed by atoms with van der Waals surface area (Å²) in [4.78, 5) is 0. The third-order valence-corrected chi connectivity index (χ3v) is 1.76. The maximum atomic E-state index is 5.61. The van der Waals surface area contributed by atoms with Gasteiger partial charge < -0.3 is 14.2 Å². The maximum absolute atomic E-state index is 5.61. The first-order valence-electron chi connectivity index (χ1n) is 5.11. The van der Waals surface area contributed by atoms with E-state index in [1.54, 1.807) is 7.11 Å². The van der Waals surface area contributed by atoms with Crippen LogP contribution in [0.5, 0.6) is 11.5 Å². The molecular weight excluding hydrogens is 192 g/mol. The Morgan fingerprint density at radius 2 is 1.73 bits per heavy atom. The van der Waals surface area contributed by atoms with Crippen LogP contribution in [0.15, 0.2) is 24.3 Å². The van der Waals surface area contributed by atoms with Crippen LogP contribution in [0.4, 0.5) is 0 Å². The Bertz CT molecular complexity index is 284. The van der Waals surface area contributed by atoms with Gasteiger partial charge in [0, 0.05) is 7.11 Å². The fourth-order valence-corrected chi connectivity index (χ4v) is 1.16. The second-order valence-corrected chi connectivity index (χ2v) is 3.45. The van der Waals surface area contributed by atoms with Gasteiger partial charge in [-0.2, -0.15) is 0 Å². The summed E-state index contributed by atoms with van der Waals surface area (Å²) in [6, 6.07) is 7.66. The normalized spacial score (nSPS) is 10.4. The quantitative estimate of drug-likeness (QED) is 0.675. The molecule has 0 spiro atoms. The number of ether oxygens (including phenoxy) is 3. The summed E-state index contributed by atoms with van der Waals surface area (Å²) in [5.41, 5.74) is 0. The van der Waals surface area contributed by atoms with E-state index in [1.165, 1.54) is 0 Å². The van der Waals surface area contributed by atoms with E-state index < -0.39 is 0 Å². The minimum atomic E-state index is 0.150. The Morgan fingerprint density at radius 3 is 2.33 bits per heavy atom. The van der Waals surface area contributed by atoms with Gasteiger partial charge in [0.1, 0.15) is 6.61 Å². The SMILES string of the molecule is COCCOc1ccccc1OC(C)C. The van der Waals surface area contributed by atoms with E-state index in [0.29, 0.717) is 13.2 Å². The first kappa shape index (κ1) is 11.9. The Labute approximate surface area is 91.0 Å². The molecule has 15 heavy (non-hydrogen) atoms.